The first-order valence-electron chi connectivity index (χ1n) is 8.18. The third kappa shape index (κ3) is 3.23. The van der Waals surface area contributed by atoms with Crippen molar-refractivity contribution in [3.63, 3.8) is 0 Å². The summed E-state index contributed by atoms with van der Waals surface area (Å²) in [5.74, 6) is -0.428. The maximum absolute atomic E-state index is 12.1. The molecule has 3 aromatic rings. The van der Waals surface area contributed by atoms with Gasteiger partial charge in [0.1, 0.15) is 10.6 Å². The highest BCUT2D eigenvalue weighted by atomic mass is 32.2. The molecule has 2 N–H and O–H groups in total. The highest BCUT2D eigenvalue weighted by Crippen LogP contribution is 2.43. The lowest BCUT2D eigenvalue weighted by Crippen LogP contribution is -2.20. The second kappa shape index (κ2) is 6.59. The number of hydrogen-bond acceptors (Lipinski definition) is 3. The Morgan fingerprint density at radius 3 is 1.88 bits per heavy atom. The number of rotatable bonds is 4. The van der Waals surface area contributed by atoms with Crippen LogP contribution in [-0.2, 0) is 15.5 Å². The molecule has 26 heavy (non-hydrogen) atoms. The molecule has 0 atom stereocenters. The second-order valence-corrected chi connectivity index (χ2v) is 8.03. The quantitative estimate of drug-likeness (QED) is 0.658. The van der Waals surface area contributed by atoms with Crippen molar-refractivity contribution in [1.82, 2.24) is 0 Å². The Bertz CT molecular complexity index is 1020. The molecule has 0 aliphatic heterocycles. The molecule has 0 radical (unpaired) electrons. The minimum absolute atomic E-state index is 0.262. The summed E-state index contributed by atoms with van der Waals surface area (Å²) in [6.45, 7) is 3.79. The van der Waals surface area contributed by atoms with Crippen LogP contribution in [0.4, 0.5) is 0 Å². The zero-order valence-electron chi connectivity index (χ0n) is 14.5. The van der Waals surface area contributed by atoms with E-state index in [9.17, 15) is 18.1 Å². The first-order valence-corrected chi connectivity index (χ1v) is 9.62. The molecule has 0 bridgehead atoms. The topological polar surface area (TPSA) is 74.6 Å². The number of aromatic hydroxyl groups is 1. The Morgan fingerprint density at radius 2 is 1.35 bits per heavy atom. The van der Waals surface area contributed by atoms with Crippen molar-refractivity contribution in [1.29, 1.82) is 0 Å². The van der Waals surface area contributed by atoms with Crippen molar-refractivity contribution in [3.8, 4) is 16.9 Å². The fraction of sp³-hybridized carbons (Fsp3) is 0.143. The molecule has 3 aromatic carbocycles. The molecular weight excluding hydrogens is 348 g/mol. The minimum atomic E-state index is -4.63. The maximum atomic E-state index is 12.1. The standard InChI is InChI=1S/C21H20O4S/c1-21(2,16-11-7-4-8-12-16)18-14-13-17(15-9-5-3-6-10-15)20(19(18)22)26(23,24)25/h3-14,22H,1-2H3,(H,23,24,25). The van der Waals surface area contributed by atoms with E-state index in [0.717, 1.165) is 5.56 Å². The summed E-state index contributed by atoms with van der Waals surface area (Å²) in [5.41, 5.74) is 1.55. The first kappa shape index (κ1) is 18.2. The second-order valence-electron chi connectivity index (χ2n) is 6.67. The molecule has 3 rings (SSSR count). The van der Waals surface area contributed by atoms with E-state index in [0.29, 0.717) is 11.1 Å². The molecule has 4 nitrogen and oxygen atoms in total. The fourth-order valence-electron chi connectivity index (χ4n) is 3.19. The third-order valence-corrected chi connectivity index (χ3v) is 5.57. The molecule has 134 valence electrons. The van der Waals surface area contributed by atoms with Crippen molar-refractivity contribution in [2.45, 2.75) is 24.2 Å². The van der Waals surface area contributed by atoms with Crippen molar-refractivity contribution in [2.24, 2.45) is 0 Å². The van der Waals surface area contributed by atoms with Gasteiger partial charge in [0, 0.05) is 16.5 Å². The molecule has 0 fully saturated rings. The van der Waals surface area contributed by atoms with Crippen LogP contribution < -0.4 is 0 Å². The highest BCUT2D eigenvalue weighted by Gasteiger charge is 2.31. The molecule has 0 aromatic heterocycles. The van der Waals surface area contributed by atoms with E-state index in [1.807, 2.05) is 50.2 Å². The summed E-state index contributed by atoms with van der Waals surface area (Å²) in [7, 11) is -4.63. The van der Waals surface area contributed by atoms with Gasteiger partial charge in [0.25, 0.3) is 10.1 Å². The monoisotopic (exact) mass is 368 g/mol. The van der Waals surface area contributed by atoms with Crippen LogP contribution >= 0.6 is 0 Å². The summed E-state index contributed by atoms with van der Waals surface area (Å²) in [6, 6.07) is 21.6. The average Bonchev–Trinajstić information content (AvgIpc) is 2.61. The van der Waals surface area contributed by atoms with Crippen molar-refractivity contribution in [2.75, 3.05) is 0 Å². The zero-order chi connectivity index (χ0) is 18.9. The molecule has 5 heteroatoms. The summed E-state index contributed by atoms with van der Waals surface area (Å²) in [6.07, 6.45) is 0. The Morgan fingerprint density at radius 1 is 0.808 bits per heavy atom. The SMILES string of the molecule is CC(C)(c1ccccc1)c1ccc(-c2ccccc2)c(S(=O)(=O)O)c1O. The van der Waals surface area contributed by atoms with E-state index in [1.54, 1.807) is 36.4 Å². The Hall–Kier alpha value is -2.63. The van der Waals surface area contributed by atoms with Crippen LogP contribution in [0.2, 0.25) is 0 Å². The largest absolute Gasteiger partial charge is 0.506 e. The van der Waals surface area contributed by atoms with E-state index in [1.165, 1.54) is 0 Å². The molecular formula is C21H20O4S. The van der Waals surface area contributed by atoms with Gasteiger partial charge in [0.05, 0.1) is 0 Å². The van der Waals surface area contributed by atoms with Crippen LogP contribution in [0.15, 0.2) is 77.7 Å². The number of phenols is 1. The normalized spacial score (nSPS) is 12.1. The highest BCUT2D eigenvalue weighted by molar-refractivity contribution is 7.86. The number of hydrogen-bond donors (Lipinski definition) is 2. The summed E-state index contributed by atoms with van der Waals surface area (Å²) >= 11 is 0. The molecule has 0 saturated heterocycles. The van der Waals surface area contributed by atoms with Gasteiger partial charge in [-0.05, 0) is 11.1 Å². The van der Waals surface area contributed by atoms with Gasteiger partial charge in [-0.25, -0.2) is 0 Å². The van der Waals surface area contributed by atoms with Gasteiger partial charge in [-0.15, -0.1) is 0 Å². The van der Waals surface area contributed by atoms with Crippen LogP contribution in [0.1, 0.15) is 25.0 Å². The van der Waals surface area contributed by atoms with Crippen molar-refractivity contribution in [3.05, 3.63) is 83.9 Å². The lowest BCUT2D eigenvalue weighted by molar-refractivity contribution is 0.428. The van der Waals surface area contributed by atoms with Gasteiger partial charge in [-0.3, -0.25) is 4.55 Å². The van der Waals surface area contributed by atoms with Crippen molar-refractivity contribution >= 4 is 10.1 Å². The Labute approximate surface area is 153 Å². The molecule has 0 unspecified atom stereocenters. The van der Waals surface area contributed by atoms with Crippen LogP contribution in [0.5, 0.6) is 5.75 Å². The van der Waals surface area contributed by atoms with Gasteiger partial charge in [0.2, 0.25) is 0 Å². The minimum Gasteiger partial charge on any atom is -0.506 e. The molecule has 0 aliphatic carbocycles. The summed E-state index contributed by atoms with van der Waals surface area (Å²) < 4.78 is 33.9. The molecule has 0 spiro atoms. The third-order valence-electron chi connectivity index (χ3n) is 4.64. The summed E-state index contributed by atoms with van der Waals surface area (Å²) in [4.78, 5) is -0.467. The van der Waals surface area contributed by atoms with Crippen LogP contribution in [-0.4, -0.2) is 18.1 Å². The zero-order valence-corrected chi connectivity index (χ0v) is 15.4. The molecule has 0 aliphatic rings. The van der Waals surface area contributed by atoms with E-state index < -0.39 is 26.2 Å². The van der Waals surface area contributed by atoms with Crippen LogP contribution in [0, 0.1) is 0 Å². The van der Waals surface area contributed by atoms with Gasteiger partial charge < -0.3 is 5.11 Å². The van der Waals surface area contributed by atoms with E-state index in [4.69, 9.17) is 0 Å². The van der Waals surface area contributed by atoms with Crippen molar-refractivity contribution < 1.29 is 18.1 Å². The lowest BCUT2D eigenvalue weighted by Gasteiger charge is -2.28. The van der Waals surface area contributed by atoms with Gasteiger partial charge in [-0.1, -0.05) is 86.6 Å². The predicted octanol–water partition coefficient (Wildman–Crippen LogP) is 4.63. The fourth-order valence-corrected chi connectivity index (χ4v) is 4.01. The number of phenolic OH excluding ortho intramolecular Hbond substituents is 1. The molecule has 0 heterocycles. The summed E-state index contributed by atoms with van der Waals surface area (Å²) in [5, 5.41) is 10.8. The van der Waals surface area contributed by atoms with E-state index in [-0.39, 0.29) is 5.56 Å². The van der Waals surface area contributed by atoms with E-state index in [2.05, 4.69) is 0 Å². The first-order chi connectivity index (χ1) is 12.2. The molecule has 0 saturated carbocycles. The van der Waals surface area contributed by atoms with Gasteiger partial charge in [0.15, 0.2) is 0 Å². The molecule has 0 amide bonds. The lowest BCUT2D eigenvalue weighted by atomic mass is 9.77. The predicted molar refractivity (Wildman–Crippen MR) is 102 cm³/mol. The Balaban J connectivity index is 2.29. The number of benzene rings is 3. The maximum Gasteiger partial charge on any atom is 0.298 e. The van der Waals surface area contributed by atoms with Crippen LogP contribution in [0.25, 0.3) is 11.1 Å². The van der Waals surface area contributed by atoms with E-state index >= 15 is 0 Å². The van der Waals surface area contributed by atoms with Crippen LogP contribution in [0.3, 0.4) is 0 Å². The van der Waals surface area contributed by atoms with Gasteiger partial charge >= 0.3 is 0 Å². The average molecular weight is 368 g/mol. The Kier molecular flexibility index (Phi) is 4.61. The smallest absolute Gasteiger partial charge is 0.298 e. The van der Waals surface area contributed by atoms with Gasteiger partial charge in [-0.2, -0.15) is 8.42 Å².